The fraction of sp³-hybridized carbons (Fsp3) is 0.303. The highest BCUT2D eigenvalue weighted by molar-refractivity contribution is 5.81. The van der Waals surface area contributed by atoms with Crippen LogP contribution >= 0.6 is 0 Å². The van der Waals surface area contributed by atoms with Crippen molar-refractivity contribution in [3.63, 3.8) is 0 Å². The molecule has 0 saturated carbocycles. The van der Waals surface area contributed by atoms with Gasteiger partial charge in [-0.05, 0) is 30.5 Å². The van der Waals surface area contributed by atoms with E-state index in [1.54, 1.807) is 10.9 Å². The largest absolute Gasteiger partial charge is 0.388 e. The number of rotatable bonds is 8. The summed E-state index contributed by atoms with van der Waals surface area (Å²) in [6.07, 6.45) is -0.436. The van der Waals surface area contributed by atoms with Crippen LogP contribution < -0.4 is 5.73 Å². The van der Waals surface area contributed by atoms with Gasteiger partial charge in [0.25, 0.3) is 0 Å². The molecule has 10 nitrogen and oxygen atoms in total. The average molecular weight is 580 g/mol. The van der Waals surface area contributed by atoms with Crippen molar-refractivity contribution in [2.24, 2.45) is 0 Å². The summed E-state index contributed by atoms with van der Waals surface area (Å²) in [6, 6.07) is 30.6. The Morgan fingerprint density at radius 3 is 1.98 bits per heavy atom. The maximum absolute atomic E-state index is 9.70. The molecule has 3 aromatic carbocycles. The first kappa shape index (κ1) is 27.6. The molecule has 3 N–H and O–H groups in total. The Bertz CT molecular complexity index is 1620. The van der Waals surface area contributed by atoms with Gasteiger partial charge in [-0.1, -0.05) is 91.0 Å². The molecule has 0 aliphatic carbocycles. The molecule has 2 fully saturated rings. The second kappa shape index (κ2) is 10.8. The lowest BCUT2D eigenvalue weighted by atomic mass is 9.80. The molecule has 0 bridgehead atoms. The molecule has 5 aromatic rings. The van der Waals surface area contributed by atoms with Gasteiger partial charge in [-0.3, -0.25) is 4.57 Å². The van der Waals surface area contributed by atoms with Crippen molar-refractivity contribution in [1.29, 1.82) is 0 Å². The predicted molar refractivity (Wildman–Crippen MR) is 159 cm³/mol. The third kappa shape index (κ3) is 4.77. The second-order valence-electron chi connectivity index (χ2n) is 11.2. The van der Waals surface area contributed by atoms with Gasteiger partial charge < -0.3 is 29.8 Å². The van der Waals surface area contributed by atoms with Gasteiger partial charge in [0, 0.05) is 0 Å². The van der Waals surface area contributed by atoms with Crippen molar-refractivity contribution < 1.29 is 24.1 Å². The van der Waals surface area contributed by atoms with Gasteiger partial charge in [-0.15, -0.1) is 0 Å². The van der Waals surface area contributed by atoms with Crippen LogP contribution in [0.4, 0.5) is 5.82 Å². The third-order valence-electron chi connectivity index (χ3n) is 8.04. The van der Waals surface area contributed by atoms with Gasteiger partial charge in [0.2, 0.25) is 0 Å². The Morgan fingerprint density at radius 1 is 0.860 bits per heavy atom. The van der Waals surface area contributed by atoms with E-state index >= 15 is 0 Å². The number of aliphatic hydroxyl groups is 1. The van der Waals surface area contributed by atoms with E-state index < -0.39 is 35.9 Å². The molecule has 43 heavy (non-hydrogen) atoms. The number of aliphatic hydroxyl groups excluding tert-OH is 1. The van der Waals surface area contributed by atoms with Gasteiger partial charge in [0.15, 0.2) is 29.3 Å². The quantitative estimate of drug-likeness (QED) is 0.258. The Morgan fingerprint density at radius 2 is 1.42 bits per heavy atom. The van der Waals surface area contributed by atoms with Crippen LogP contribution in [0.25, 0.3) is 11.2 Å². The molecule has 2 aliphatic rings. The molecule has 0 unspecified atom stereocenters. The number of benzene rings is 3. The molecule has 0 radical (unpaired) electrons. The second-order valence-corrected chi connectivity index (χ2v) is 11.2. The Labute approximate surface area is 249 Å². The summed E-state index contributed by atoms with van der Waals surface area (Å²) in [7, 11) is 0. The van der Waals surface area contributed by atoms with Crippen molar-refractivity contribution in [3.8, 4) is 0 Å². The summed E-state index contributed by atoms with van der Waals surface area (Å²) in [5.74, 6) is -0.459. The van der Waals surface area contributed by atoms with E-state index in [-0.39, 0.29) is 24.9 Å². The Balaban J connectivity index is 1.29. The lowest BCUT2D eigenvalue weighted by Gasteiger charge is -2.37. The lowest BCUT2D eigenvalue weighted by Crippen LogP contribution is -2.39. The number of nitrogens with zero attached hydrogens (tertiary/aromatic N) is 4. The first-order valence-corrected chi connectivity index (χ1v) is 14.3. The first-order valence-electron chi connectivity index (χ1n) is 14.3. The van der Waals surface area contributed by atoms with Crippen LogP contribution in [0.1, 0.15) is 42.6 Å². The monoisotopic (exact) mass is 579 g/mol. The van der Waals surface area contributed by atoms with Gasteiger partial charge in [-0.2, -0.15) is 0 Å². The van der Waals surface area contributed by atoms with Crippen LogP contribution in [0, 0.1) is 0 Å². The molecule has 0 spiro atoms. The predicted octanol–water partition coefficient (Wildman–Crippen LogP) is 4.33. The van der Waals surface area contributed by atoms with Crippen molar-refractivity contribution in [1.82, 2.24) is 19.5 Å². The zero-order valence-corrected chi connectivity index (χ0v) is 23.9. The molecular weight excluding hydrogens is 546 g/mol. The van der Waals surface area contributed by atoms with Crippen LogP contribution in [0.3, 0.4) is 0 Å². The zero-order valence-electron chi connectivity index (χ0n) is 23.9. The van der Waals surface area contributed by atoms with E-state index in [0.29, 0.717) is 11.2 Å². The number of fused-ring (bicyclic) bond motifs is 2. The highest BCUT2D eigenvalue weighted by Crippen LogP contribution is 2.46. The summed E-state index contributed by atoms with van der Waals surface area (Å²) < 4.78 is 28.3. The van der Waals surface area contributed by atoms with Crippen LogP contribution in [0.15, 0.2) is 97.3 Å². The van der Waals surface area contributed by atoms with E-state index in [1.807, 2.05) is 68.4 Å². The minimum absolute atomic E-state index is 0.185. The summed E-state index contributed by atoms with van der Waals surface area (Å²) in [4.78, 5) is 13.1. The Kier molecular flexibility index (Phi) is 6.95. The number of nitrogens with two attached hydrogens (primary N) is 1. The summed E-state index contributed by atoms with van der Waals surface area (Å²) in [5.41, 5.74) is 9.05. The van der Waals surface area contributed by atoms with Gasteiger partial charge in [0.05, 0.1) is 12.9 Å². The average Bonchev–Trinajstić information content (AvgIpc) is 3.70. The highest BCUT2D eigenvalue weighted by Gasteiger charge is 2.57. The van der Waals surface area contributed by atoms with Gasteiger partial charge in [-0.25, -0.2) is 15.0 Å². The molecule has 7 rings (SSSR count). The van der Waals surface area contributed by atoms with Gasteiger partial charge in [0.1, 0.15) is 36.0 Å². The fourth-order valence-corrected chi connectivity index (χ4v) is 6.24. The smallest absolute Gasteiger partial charge is 0.168 e. The number of hydrogen-bond donors (Lipinski definition) is 2. The number of hydrogen-bond acceptors (Lipinski definition) is 9. The molecule has 2 aliphatic heterocycles. The third-order valence-corrected chi connectivity index (χ3v) is 8.04. The molecule has 4 heterocycles. The topological polar surface area (TPSA) is 127 Å². The fourth-order valence-electron chi connectivity index (χ4n) is 6.24. The van der Waals surface area contributed by atoms with E-state index in [1.165, 1.54) is 0 Å². The number of nitrogen functional groups attached to an aromatic ring is 1. The Hall–Kier alpha value is -4.19. The molecule has 4 atom stereocenters. The van der Waals surface area contributed by atoms with E-state index in [0.717, 1.165) is 16.7 Å². The number of aromatic nitrogens is 4. The lowest BCUT2D eigenvalue weighted by molar-refractivity contribution is -0.204. The van der Waals surface area contributed by atoms with Crippen molar-refractivity contribution in [3.05, 3.63) is 120 Å². The van der Waals surface area contributed by atoms with E-state index in [2.05, 4.69) is 51.4 Å². The zero-order chi connectivity index (χ0) is 29.6. The summed E-state index contributed by atoms with van der Waals surface area (Å²) in [6.45, 7) is 3.62. The number of anilines is 1. The molecule has 10 heteroatoms. The molecule has 0 amide bonds. The van der Waals surface area contributed by atoms with Crippen LogP contribution in [0.5, 0.6) is 0 Å². The van der Waals surface area contributed by atoms with Gasteiger partial charge >= 0.3 is 0 Å². The summed E-state index contributed by atoms with van der Waals surface area (Å²) >= 11 is 0. The molecule has 2 aromatic heterocycles. The normalized spacial score (nSPS) is 23.0. The van der Waals surface area contributed by atoms with Crippen LogP contribution in [0.2, 0.25) is 0 Å². The van der Waals surface area contributed by atoms with E-state index in [4.69, 9.17) is 24.7 Å². The molecule has 2 saturated heterocycles. The minimum Gasteiger partial charge on any atom is -0.388 e. The van der Waals surface area contributed by atoms with Crippen molar-refractivity contribution in [2.45, 2.75) is 56.4 Å². The minimum atomic E-state index is -0.922. The molecular formula is C33H33N5O5. The summed E-state index contributed by atoms with van der Waals surface area (Å²) in [5, 5.41) is 9.70. The van der Waals surface area contributed by atoms with Crippen LogP contribution in [-0.4, -0.2) is 55.3 Å². The maximum atomic E-state index is 9.70. The van der Waals surface area contributed by atoms with E-state index in [9.17, 15) is 5.11 Å². The first-order chi connectivity index (χ1) is 20.9. The highest BCUT2D eigenvalue weighted by atomic mass is 16.8. The molecule has 220 valence electrons. The van der Waals surface area contributed by atoms with Crippen LogP contribution in [-0.2, 0) is 31.2 Å². The number of ether oxygens (including phenoxy) is 4. The van der Waals surface area contributed by atoms with Crippen molar-refractivity contribution in [2.75, 3.05) is 12.3 Å². The SMILES string of the molecule is CC1(C)O[C@@H]2[C@H](O1)[C@@H](COC(c1ccccc1)(c1ccccc1)c1ccccc1)O[C@H]2n1cnc2c(N)nc(CO)nc21. The number of imidazole rings is 1. The standard InChI is InChI=1S/C33H33N5O5/c1-32(2)42-27-24(41-31(28(27)43-32)38-20-35-26-29(34)36-25(18-39)37-30(26)38)19-40-33(21-12-6-3-7-13-21,22-14-8-4-9-15-22)23-16-10-5-11-17-23/h3-17,20,24,27-28,31,39H,18-19H2,1-2H3,(H2,34,36,37)/t24-,27-,28-,31-/m1/s1. The van der Waals surface area contributed by atoms with Crippen molar-refractivity contribution >= 4 is 17.0 Å². The maximum Gasteiger partial charge on any atom is 0.168 e.